The van der Waals surface area contributed by atoms with Crippen LogP contribution in [0.1, 0.15) is 40.5 Å². The van der Waals surface area contributed by atoms with E-state index >= 15 is 0 Å². The van der Waals surface area contributed by atoms with Crippen molar-refractivity contribution in [1.29, 1.82) is 0 Å². The van der Waals surface area contributed by atoms with E-state index in [4.69, 9.17) is 0 Å². The molecule has 1 heteroatoms. The predicted octanol–water partition coefficient (Wildman–Crippen LogP) is 3.83. The number of hydrogen-bond donors (Lipinski definition) is 0. The lowest BCUT2D eigenvalue weighted by atomic mass is 9.98. The molecule has 0 amide bonds. The molecule has 0 aromatic rings. The first kappa shape index (κ1) is 13.3. The molecule has 0 rings (SSSR count). The standard InChI is InChI=1S/C13H25N/c1-7-12(6)14(9-3)10-13(8-2)11(4)5/h13H,4,6-10H2,1-3,5H3. The number of allylic oxidation sites excluding steroid dienone is 1. The van der Waals surface area contributed by atoms with Crippen LogP contribution in [0.15, 0.2) is 24.4 Å². The molecule has 82 valence electrons. The zero-order valence-electron chi connectivity index (χ0n) is 10.3. The fraction of sp³-hybridized carbons (Fsp3) is 0.692. The van der Waals surface area contributed by atoms with Gasteiger partial charge in [0.1, 0.15) is 0 Å². The van der Waals surface area contributed by atoms with Crippen LogP contribution in [-0.2, 0) is 0 Å². The van der Waals surface area contributed by atoms with Gasteiger partial charge in [-0.1, -0.05) is 32.6 Å². The zero-order chi connectivity index (χ0) is 11.1. The molecule has 0 spiro atoms. The molecular weight excluding hydrogens is 170 g/mol. The summed E-state index contributed by atoms with van der Waals surface area (Å²) in [5.74, 6) is 0.609. The van der Waals surface area contributed by atoms with Crippen molar-refractivity contribution in [2.75, 3.05) is 13.1 Å². The van der Waals surface area contributed by atoms with Crippen molar-refractivity contribution in [3.63, 3.8) is 0 Å². The monoisotopic (exact) mass is 195 g/mol. The van der Waals surface area contributed by atoms with Gasteiger partial charge in [0.2, 0.25) is 0 Å². The topological polar surface area (TPSA) is 3.24 Å². The lowest BCUT2D eigenvalue weighted by molar-refractivity contribution is 0.306. The summed E-state index contributed by atoms with van der Waals surface area (Å²) < 4.78 is 0. The molecular formula is C13H25N. The Balaban J connectivity index is 4.28. The molecule has 0 aromatic carbocycles. The predicted molar refractivity (Wildman–Crippen MR) is 65.3 cm³/mol. The highest BCUT2D eigenvalue weighted by atomic mass is 15.1. The van der Waals surface area contributed by atoms with E-state index in [0.717, 1.165) is 19.5 Å². The average molecular weight is 195 g/mol. The minimum absolute atomic E-state index is 0.609. The Labute approximate surface area is 89.5 Å². The zero-order valence-corrected chi connectivity index (χ0v) is 10.3. The van der Waals surface area contributed by atoms with Crippen LogP contribution >= 0.6 is 0 Å². The van der Waals surface area contributed by atoms with Gasteiger partial charge < -0.3 is 4.90 Å². The second-order valence-corrected chi connectivity index (χ2v) is 3.91. The minimum atomic E-state index is 0.609. The van der Waals surface area contributed by atoms with Gasteiger partial charge in [-0.15, -0.1) is 0 Å². The van der Waals surface area contributed by atoms with Crippen molar-refractivity contribution in [2.45, 2.75) is 40.5 Å². The molecule has 0 heterocycles. The summed E-state index contributed by atoms with van der Waals surface area (Å²) in [4.78, 5) is 2.36. The molecule has 0 aliphatic heterocycles. The van der Waals surface area contributed by atoms with Gasteiger partial charge in [-0.2, -0.15) is 0 Å². The van der Waals surface area contributed by atoms with Gasteiger partial charge >= 0.3 is 0 Å². The first-order chi connectivity index (χ1) is 6.56. The third-order valence-corrected chi connectivity index (χ3v) is 2.87. The summed E-state index contributed by atoms with van der Waals surface area (Å²) in [5.41, 5.74) is 2.53. The van der Waals surface area contributed by atoms with Crippen molar-refractivity contribution >= 4 is 0 Å². The summed E-state index contributed by atoms with van der Waals surface area (Å²) in [6, 6.07) is 0. The lowest BCUT2D eigenvalue weighted by Gasteiger charge is -2.29. The fourth-order valence-electron chi connectivity index (χ4n) is 1.60. The van der Waals surface area contributed by atoms with Crippen LogP contribution in [0.3, 0.4) is 0 Å². The second kappa shape index (κ2) is 6.69. The molecule has 0 N–H and O–H groups in total. The van der Waals surface area contributed by atoms with E-state index in [-0.39, 0.29) is 0 Å². The lowest BCUT2D eigenvalue weighted by Crippen LogP contribution is -2.28. The van der Waals surface area contributed by atoms with Crippen LogP contribution in [0, 0.1) is 5.92 Å². The van der Waals surface area contributed by atoms with Crippen molar-refractivity contribution in [3.05, 3.63) is 24.4 Å². The molecule has 0 saturated heterocycles. The molecule has 0 aliphatic rings. The highest BCUT2D eigenvalue weighted by Crippen LogP contribution is 2.17. The van der Waals surface area contributed by atoms with Crippen molar-refractivity contribution in [2.24, 2.45) is 5.92 Å². The van der Waals surface area contributed by atoms with E-state index in [1.807, 2.05) is 0 Å². The van der Waals surface area contributed by atoms with Gasteiger partial charge in [-0.25, -0.2) is 0 Å². The van der Waals surface area contributed by atoms with Crippen LogP contribution in [0.25, 0.3) is 0 Å². The molecule has 0 aromatic heterocycles. The van der Waals surface area contributed by atoms with Crippen molar-refractivity contribution in [1.82, 2.24) is 4.90 Å². The number of nitrogens with zero attached hydrogens (tertiary/aromatic N) is 1. The Morgan fingerprint density at radius 1 is 1.21 bits per heavy atom. The third kappa shape index (κ3) is 3.99. The normalized spacial score (nSPS) is 12.3. The van der Waals surface area contributed by atoms with Gasteiger partial charge in [-0.05, 0) is 32.6 Å². The Kier molecular flexibility index (Phi) is 6.35. The van der Waals surface area contributed by atoms with Gasteiger partial charge in [-0.3, -0.25) is 0 Å². The van der Waals surface area contributed by atoms with Crippen LogP contribution in [0.4, 0.5) is 0 Å². The number of hydrogen-bond acceptors (Lipinski definition) is 1. The third-order valence-electron chi connectivity index (χ3n) is 2.87. The smallest absolute Gasteiger partial charge is 0.0239 e. The van der Waals surface area contributed by atoms with E-state index in [1.165, 1.54) is 17.7 Å². The maximum Gasteiger partial charge on any atom is 0.0239 e. The van der Waals surface area contributed by atoms with Gasteiger partial charge in [0.15, 0.2) is 0 Å². The molecule has 0 radical (unpaired) electrons. The average Bonchev–Trinajstić information content (AvgIpc) is 2.18. The quantitative estimate of drug-likeness (QED) is 0.558. The van der Waals surface area contributed by atoms with Crippen LogP contribution in [-0.4, -0.2) is 18.0 Å². The highest BCUT2D eigenvalue weighted by molar-refractivity contribution is 5.00. The molecule has 0 aliphatic carbocycles. The highest BCUT2D eigenvalue weighted by Gasteiger charge is 2.12. The second-order valence-electron chi connectivity index (χ2n) is 3.91. The van der Waals surface area contributed by atoms with E-state index < -0.39 is 0 Å². The van der Waals surface area contributed by atoms with Crippen molar-refractivity contribution in [3.8, 4) is 0 Å². The van der Waals surface area contributed by atoms with Crippen LogP contribution in [0.5, 0.6) is 0 Å². The number of rotatable bonds is 7. The molecule has 0 bridgehead atoms. The summed E-state index contributed by atoms with van der Waals surface area (Å²) in [6.07, 6.45) is 2.21. The summed E-state index contributed by atoms with van der Waals surface area (Å²) >= 11 is 0. The van der Waals surface area contributed by atoms with Crippen LogP contribution in [0.2, 0.25) is 0 Å². The molecule has 0 fully saturated rings. The Bertz CT molecular complexity index is 193. The summed E-state index contributed by atoms with van der Waals surface area (Å²) in [5, 5.41) is 0. The fourth-order valence-corrected chi connectivity index (χ4v) is 1.60. The van der Waals surface area contributed by atoms with Gasteiger partial charge in [0.05, 0.1) is 0 Å². The van der Waals surface area contributed by atoms with Crippen LogP contribution < -0.4 is 0 Å². The maximum absolute atomic E-state index is 4.09. The van der Waals surface area contributed by atoms with Gasteiger partial charge in [0.25, 0.3) is 0 Å². The Hall–Kier alpha value is -0.720. The minimum Gasteiger partial charge on any atom is -0.375 e. The maximum atomic E-state index is 4.09. The molecule has 1 nitrogen and oxygen atoms in total. The Morgan fingerprint density at radius 2 is 1.79 bits per heavy atom. The SMILES string of the molecule is C=C(C)C(CC)CN(CC)C(=C)CC. The van der Waals surface area contributed by atoms with E-state index in [2.05, 4.69) is 45.8 Å². The molecule has 1 atom stereocenters. The van der Waals surface area contributed by atoms with E-state index in [9.17, 15) is 0 Å². The summed E-state index contributed by atoms with van der Waals surface area (Å²) in [7, 11) is 0. The first-order valence-electron chi connectivity index (χ1n) is 5.64. The first-order valence-corrected chi connectivity index (χ1v) is 5.64. The largest absolute Gasteiger partial charge is 0.375 e. The Morgan fingerprint density at radius 3 is 2.07 bits per heavy atom. The summed E-state index contributed by atoms with van der Waals surface area (Å²) in [6.45, 7) is 19.0. The van der Waals surface area contributed by atoms with E-state index in [0.29, 0.717) is 5.92 Å². The molecule has 0 saturated carbocycles. The van der Waals surface area contributed by atoms with Gasteiger partial charge in [0, 0.05) is 18.8 Å². The molecule has 14 heavy (non-hydrogen) atoms. The molecule has 1 unspecified atom stereocenters. The van der Waals surface area contributed by atoms with E-state index in [1.54, 1.807) is 0 Å². The van der Waals surface area contributed by atoms with Crippen molar-refractivity contribution < 1.29 is 0 Å².